The number of nitrogens with one attached hydrogen (secondary N) is 1. The van der Waals surface area contributed by atoms with Gasteiger partial charge in [-0.15, -0.1) is 0 Å². The van der Waals surface area contributed by atoms with Crippen molar-refractivity contribution in [1.82, 2.24) is 9.88 Å². The van der Waals surface area contributed by atoms with Crippen LogP contribution < -0.4 is 10.9 Å². The average molecular weight is 402 g/mol. The highest BCUT2D eigenvalue weighted by molar-refractivity contribution is 6.08. The Labute approximate surface area is 163 Å². The third-order valence-corrected chi connectivity index (χ3v) is 5.36. The van der Waals surface area contributed by atoms with Gasteiger partial charge in [-0.3, -0.25) is 9.59 Å². The number of rotatable bonds is 2. The third-order valence-electron chi connectivity index (χ3n) is 5.36. The fourth-order valence-corrected chi connectivity index (χ4v) is 3.87. The Morgan fingerprint density at radius 3 is 2.66 bits per heavy atom. The molecule has 1 amide bonds. The normalized spacial score (nSPS) is 16.1. The summed E-state index contributed by atoms with van der Waals surface area (Å²) in [5, 5.41) is 13.4. The van der Waals surface area contributed by atoms with E-state index in [9.17, 15) is 27.9 Å². The van der Waals surface area contributed by atoms with Gasteiger partial charge < -0.3 is 15.0 Å². The van der Waals surface area contributed by atoms with Crippen LogP contribution in [0.15, 0.2) is 47.3 Å². The molecular weight excluding hydrogens is 385 g/mol. The van der Waals surface area contributed by atoms with Gasteiger partial charge in [0.05, 0.1) is 22.7 Å². The standard InChI is InChI=1S/C21H17F3N2O3/c1-26-16-5-3-2-4-13(16)17(18(27)20(26)29)19(28)25-15-9-7-11-6-8-12(10-14(11)15)21(22,23)24/h2-6,8,10,15,27H,7,9H2,1H3,(H,25,28)/t15-/m1/s1. The Bertz CT molecular complexity index is 1200. The van der Waals surface area contributed by atoms with E-state index >= 15 is 0 Å². The monoisotopic (exact) mass is 402 g/mol. The fraction of sp³-hybridized carbons (Fsp3) is 0.238. The molecule has 2 N–H and O–H groups in total. The third kappa shape index (κ3) is 3.14. The number of halogens is 3. The number of fused-ring (bicyclic) bond motifs is 2. The van der Waals surface area contributed by atoms with Gasteiger partial charge in [-0.05, 0) is 42.2 Å². The molecular formula is C21H17F3N2O3. The lowest BCUT2D eigenvalue weighted by molar-refractivity contribution is -0.137. The van der Waals surface area contributed by atoms with Gasteiger partial charge in [-0.1, -0.05) is 24.3 Å². The molecule has 0 radical (unpaired) electrons. The van der Waals surface area contributed by atoms with Crippen LogP contribution in [0.25, 0.3) is 10.9 Å². The van der Waals surface area contributed by atoms with Crippen LogP contribution in [0.4, 0.5) is 13.2 Å². The molecule has 4 rings (SSSR count). The van der Waals surface area contributed by atoms with E-state index in [0.29, 0.717) is 29.3 Å². The molecule has 3 aromatic rings. The van der Waals surface area contributed by atoms with Gasteiger partial charge in [0.1, 0.15) is 0 Å². The summed E-state index contributed by atoms with van der Waals surface area (Å²) >= 11 is 0. The number of para-hydroxylation sites is 1. The van der Waals surface area contributed by atoms with Gasteiger partial charge in [0.25, 0.3) is 11.5 Å². The van der Waals surface area contributed by atoms with E-state index in [1.54, 1.807) is 24.3 Å². The lowest BCUT2D eigenvalue weighted by Gasteiger charge is -2.18. The molecule has 2 aromatic carbocycles. The molecule has 0 fully saturated rings. The van der Waals surface area contributed by atoms with Crippen LogP contribution in [0.2, 0.25) is 0 Å². The lowest BCUT2D eigenvalue weighted by Crippen LogP contribution is -2.30. The molecule has 150 valence electrons. The number of benzene rings is 2. The molecule has 1 atom stereocenters. The fourth-order valence-electron chi connectivity index (χ4n) is 3.87. The number of carbonyl (C=O) groups excluding carboxylic acids is 1. The number of aryl methyl sites for hydroxylation is 2. The van der Waals surface area contributed by atoms with Crippen LogP contribution in [0.3, 0.4) is 0 Å². The average Bonchev–Trinajstić information content (AvgIpc) is 3.08. The van der Waals surface area contributed by atoms with Gasteiger partial charge in [0.2, 0.25) is 0 Å². The second-order valence-corrected chi connectivity index (χ2v) is 7.08. The molecule has 0 saturated carbocycles. The Morgan fingerprint density at radius 1 is 1.21 bits per heavy atom. The summed E-state index contributed by atoms with van der Waals surface area (Å²) < 4.78 is 40.4. The van der Waals surface area contributed by atoms with Crippen LogP contribution in [0.1, 0.15) is 39.5 Å². The van der Waals surface area contributed by atoms with Crippen molar-refractivity contribution in [2.24, 2.45) is 7.05 Å². The predicted molar refractivity (Wildman–Crippen MR) is 101 cm³/mol. The Balaban J connectivity index is 1.74. The molecule has 0 spiro atoms. The number of nitrogens with zero attached hydrogens (tertiary/aromatic N) is 1. The first-order valence-corrected chi connectivity index (χ1v) is 9.00. The zero-order valence-electron chi connectivity index (χ0n) is 15.4. The minimum Gasteiger partial charge on any atom is -0.502 e. The molecule has 29 heavy (non-hydrogen) atoms. The highest BCUT2D eigenvalue weighted by Gasteiger charge is 2.34. The molecule has 1 aliphatic carbocycles. The minimum absolute atomic E-state index is 0.177. The molecule has 1 aliphatic rings. The molecule has 1 heterocycles. The van der Waals surface area contributed by atoms with E-state index in [4.69, 9.17) is 0 Å². The van der Waals surface area contributed by atoms with Crippen molar-refractivity contribution in [2.45, 2.75) is 25.1 Å². The summed E-state index contributed by atoms with van der Waals surface area (Å²) in [6.45, 7) is 0. The number of aromatic nitrogens is 1. The van der Waals surface area contributed by atoms with E-state index in [2.05, 4.69) is 5.32 Å². The zero-order valence-corrected chi connectivity index (χ0v) is 15.4. The Hall–Kier alpha value is -3.29. The Kier molecular flexibility index (Phi) is 4.37. The van der Waals surface area contributed by atoms with E-state index in [-0.39, 0.29) is 5.56 Å². The summed E-state index contributed by atoms with van der Waals surface area (Å²) in [5.74, 6) is -1.39. The highest BCUT2D eigenvalue weighted by Crippen LogP contribution is 2.37. The highest BCUT2D eigenvalue weighted by atomic mass is 19.4. The summed E-state index contributed by atoms with van der Waals surface area (Å²) in [5.41, 5.74) is -0.0720. The van der Waals surface area contributed by atoms with Gasteiger partial charge in [-0.2, -0.15) is 13.2 Å². The first-order valence-electron chi connectivity index (χ1n) is 9.00. The minimum atomic E-state index is -4.48. The zero-order chi connectivity index (χ0) is 20.9. The van der Waals surface area contributed by atoms with Crippen LogP contribution in [0.5, 0.6) is 5.75 Å². The van der Waals surface area contributed by atoms with Crippen molar-refractivity contribution in [3.8, 4) is 5.75 Å². The summed E-state index contributed by atoms with van der Waals surface area (Å²) in [7, 11) is 1.48. The molecule has 0 saturated heterocycles. The van der Waals surface area contributed by atoms with Crippen LogP contribution in [0, 0.1) is 0 Å². The summed E-state index contributed by atoms with van der Waals surface area (Å²) in [6.07, 6.45) is -3.51. The molecule has 0 aliphatic heterocycles. The van der Waals surface area contributed by atoms with Crippen molar-refractivity contribution in [3.63, 3.8) is 0 Å². The number of hydrogen-bond donors (Lipinski definition) is 2. The van der Waals surface area contributed by atoms with Crippen molar-refractivity contribution in [2.75, 3.05) is 0 Å². The largest absolute Gasteiger partial charge is 0.502 e. The number of aromatic hydroxyl groups is 1. The van der Waals surface area contributed by atoms with Gasteiger partial charge in [-0.25, -0.2) is 0 Å². The maximum absolute atomic E-state index is 13.1. The van der Waals surface area contributed by atoms with Gasteiger partial charge in [0, 0.05) is 12.4 Å². The molecule has 0 bridgehead atoms. The molecule has 1 aromatic heterocycles. The second kappa shape index (κ2) is 6.65. The second-order valence-electron chi connectivity index (χ2n) is 7.08. The molecule has 5 nitrogen and oxygen atoms in total. The molecule has 0 unspecified atom stereocenters. The number of amides is 1. The SMILES string of the molecule is Cn1c(=O)c(O)c(C(=O)N[C@@H]2CCc3ccc(C(F)(F)F)cc32)c2ccccc21. The van der Waals surface area contributed by atoms with E-state index in [0.717, 1.165) is 17.7 Å². The first kappa shape index (κ1) is 19.0. The maximum Gasteiger partial charge on any atom is 0.416 e. The predicted octanol–water partition coefficient (Wildman–Crippen LogP) is 3.68. The van der Waals surface area contributed by atoms with Crippen molar-refractivity contribution >= 4 is 16.8 Å². The lowest BCUT2D eigenvalue weighted by atomic mass is 10.0. The summed E-state index contributed by atoms with van der Waals surface area (Å²) in [4.78, 5) is 25.3. The van der Waals surface area contributed by atoms with Crippen LogP contribution >= 0.6 is 0 Å². The van der Waals surface area contributed by atoms with E-state index < -0.39 is 35.0 Å². The first-order chi connectivity index (χ1) is 13.7. The molecule has 8 heteroatoms. The Morgan fingerprint density at radius 2 is 1.93 bits per heavy atom. The van der Waals surface area contributed by atoms with E-state index in [1.807, 2.05) is 0 Å². The van der Waals surface area contributed by atoms with Gasteiger partial charge >= 0.3 is 6.18 Å². The quantitative estimate of drug-likeness (QED) is 0.687. The summed E-state index contributed by atoms with van der Waals surface area (Å²) in [6, 6.07) is 9.49. The van der Waals surface area contributed by atoms with Crippen molar-refractivity contribution < 1.29 is 23.1 Å². The number of carbonyl (C=O) groups is 1. The topological polar surface area (TPSA) is 71.3 Å². The van der Waals surface area contributed by atoms with Crippen molar-refractivity contribution in [1.29, 1.82) is 0 Å². The number of pyridine rings is 1. The maximum atomic E-state index is 13.1. The number of alkyl halides is 3. The van der Waals surface area contributed by atoms with Gasteiger partial charge in [0.15, 0.2) is 5.75 Å². The van der Waals surface area contributed by atoms with Crippen molar-refractivity contribution in [3.05, 3.63) is 75.1 Å². The number of hydrogen-bond acceptors (Lipinski definition) is 3. The van der Waals surface area contributed by atoms with E-state index in [1.165, 1.54) is 17.7 Å². The van der Waals surface area contributed by atoms with Crippen LogP contribution in [-0.4, -0.2) is 15.6 Å². The smallest absolute Gasteiger partial charge is 0.416 e. The van der Waals surface area contributed by atoms with Crippen LogP contribution in [-0.2, 0) is 19.6 Å².